The molecule has 1 fully saturated rings. The molecule has 2 N–H and O–H groups in total. The molecule has 1 heterocycles. The molecule has 7 nitrogen and oxygen atoms in total. The van der Waals surface area contributed by atoms with Crippen LogP contribution in [0.1, 0.15) is 36.0 Å². The number of nitrogens with one attached hydrogen (secondary N) is 2. The SMILES string of the molecule is COc1ccc(C(=O)NNS(=O)(=O)c2cccs2)cc1OC1CCCC1. The number of benzene rings is 1. The third-order valence-electron chi connectivity index (χ3n) is 4.08. The highest BCUT2D eigenvalue weighted by molar-refractivity contribution is 7.91. The van der Waals surface area contributed by atoms with Gasteiger partial charge in [0, 0.05) is 5.56 Å². The molecule has 0 saturated heterocycles. The summed E-state index contributed by atoms with van der Waals surface area (Å²) in [7, 11) is -2.25. The van der Waals surface area contributed by atoms with Crippen molar-refractivity contribution in [3.05, 3.63) is 41.3 Å². The molecule has 1 aliphatic rings. The number of hydrazine groups is 1. The Kier molecular flexibility index (Phi) is 5.80. The van der Waals surface area contributed by atoms with E-state index in [1.165, 1.54) is 13.2 Å². The van der Waals surface area contributed by atoms with Gasteiger partial charge in [0.25, 0.3) is 15.9 Å². The van der Waals surface area contributed by atoms with Gasteiger partial charge in [-0.05, 0) is 55.3 Å². The molecule has 140 valence electrons. The Hall–Kier alpha value is -2.10. The lowest BCUT2D eigenvalue weighted by molar-refractivity contribution is 0.0944. The van der Waals surface area contributed by atoms with Crippen LogP contribution in [0, 0.1) is 0 Å². The molecule has 0 bridgehead atoms. The maximum absolute atomic E-state index is 12.3. The van der Waals surface area contributed by atoms with E-state index in [0.717, 1.165) is 37.0 Å². The lowest BCUT2D eigenvalue weighted by Crippen LogP contribution is -2.41. The van der Waals surface area contributed by atoms with Crippen LogP contribution < -0.4 is 19.7 Å². The van der Waals surface area contributed by atoms with Gasteiger partial charge in [-0.3, -0.25) is 10.2 Å². The van der Waals surface area contributed by atoms with Crippen LogP contribution in [0.5, 0.6) is 11.5 Å². The first-order chi connectivity index (χ1) is 12.5. The number of thiophene rings is 1. The minimum absolute atomic E-state index is 0.111. The maximum Gasteiger partial charge on any atom is 0.266 e. The summed E-state index contributed by atoms with van der Waals surface area (Å²) >= 11 is 1.06. The van der Waals surface area contributed by atoms with Gasteiger partial charge in [0.15, 0.2) is 11.5 Å². The second-order valence-corrected chi connectivity index (χ2v) is 8.74. The molecule has 3 rings (SSSR count). The van der Waals surface area contributed by atoms with Crippen molar-refractivity contribution in [2.24, 2.45) is 0 Å². The van der Waals surface area contributed by atoms with Crippen molar-refractivity contribution in [1.82, 2.24) is 10.3 Å². The van der Waals surface area contributed by atoms with Crippen LogP contribution in [-0.2, 0) is 10.0 Å². The highest BCUT2D eigenvalue weighted by atomic mass is 32.2. The van der Waals surface area contributed by atoms with Crippen molar-refractivity contribution in [3.8, 4) is 11.5 Å². The van der Waals surface area contributed by atoms with Gasteiger partial charge in [-0.1, -0.05) is 6.07 Å². The van der Waals surface area contributed by atoms with Crippen LogP contribution in [0.2, 0.25) is 0 Å². The van der Waals surface area contributed by atoms with Crippen molar-refractivity contribution < 1.29 is 22.7 Å². The number of carbonyl (C=O) groups is 1. The monoisotopic (exact) mass is 396 g/mol. The van der Waals surface area contributed by atoms with Crippen molar-refractivity contribution in [2.75, 3.05) is 7.11 Å². The van der Waals surface area contributed by atoms with Crippen molar-refractivity contribution in [3.63, 3.8) is 0 Å². The van der Waals surface area contributed by atoms with Gasteiger partial charge in [-0.25, -0.2) is 8.42 Å². The van der Waals surface area contributed by atoms with Gasteiger partial charge >= 0.3 is 0 Å². The van der Waals surface area contributed by atoms with E-state index in [9.17, 15) is 13.2 Å². The molecule has 1 saturated carbocycles. The zero-order valence-corrected chi connectivity index (χ0v) is 15.9. The predicted molar refractivity (Wildman–Crippen MR) is 98.0 cm³/mol. The van der Waals surface area contributed by atoms with Crippen LogP contribution in [0.25, 0.3) is 0 Å². The average Bonchev–Trinajstić information content (AvgIpc) is 3.33. The molecule has 0 radical (unpaired) electrons. The highest BCUT2D eigenvalue weighted by Gasteiger charge is 2.21. The van der Waals surface area contributed by atoms with Gasteiger partial charge < -0.3 is 9.47 Å². The number of amides is 1. The number of hydrogen-bond donors (Lipinski definition) is 2. The summed E-state index contributed by atoms with van der Waals surface area (Å²) in [4.78, 5) is 14.4. The Bertz CT molecular complexity index is 859. The van der Waals surface area contributed by atoms with Gasteiger partial charge in [-0.2, -0.15) is 0 Å². The Morgan fingerprint density at radius 1 is 1.19 bits per heavy atom. The van der Waals surface area contributed by atoms with Crippen molar-refractivity contribution in [1.29, 1.82) is 0 Å². The minimum atomic E-state index is -3.78. The summed E-state index contributed by atoms with van der Waals surface area (Å²) < 4.78 is 35.5. The number of ether oxygens (including phenoxy) is 2. The highest BCUT2D eigenvalue weighted by Crippen LogP contribution is 2.32. The van der Waals surface area contributed by atoms with Crippen molar-refractivity contribution in [2.45, 2.75) is 36.0 Å². The summed E-state index contributed by atoms with van der Waals surface area (Å²) in [6.07, 6.45) is 4.30. The summed E-state index contributed by atoms with van der Waals surface area (Å²) in [5, 5.41) is 1.65. The van der Waals surface area contributed by atoms with E-state index in [0.29, 0.717) is 11.5 Å². The van der Waals surface area contributed by atoms with E-state index in [2.05, 4.69) is 10.3 Å². The van der Waals surface area contributed by atoms with E-state index < -0.39 is 15.9 Å². The quantitative estimate of drug-likeness (QED) is 0.702. The number of sulfonamides is 1. The first kappa shape index (κ1) is 18.7. The van der Waals surface area contributed by atoms with Gasteiger partial charge in [0.05, 0.1) is 13.2 Å². The molecule has 26 heavy (non-hydrogen) atoms. The molecule has 1 aromatic heterocycles. The molecule has 0 unspecified atom stereocenters. The molecule has 0 spiro atoms. The first-order valence-corrected chi connectivity index (χ1v) is 10.6. The molecule has 1 aromatic carbocycles. The molecular formula is C17H20N2O5S2. The Balaban J connectivity index is 1.70. The largest absolute Gasteiger partial charge is 0.493 e. The zero-order valence-electron chi connectivity index (χ0n) is 14.2. The number of carbonyl (C=O) groups excluding carboxylic acids is 1. The fraction of sp³-hybridized carbons (Fsp3) is 0.353. The summed E-state index contributed by atoms with van der Waals surface area (Å²) in [5.74, 6) is 0.435. The molecule has 9 heteroatoms. The van der Waals surface area contributed by atoms with Crippen LogP contribution in [0.15, 0.2) is 39.9 Å². The minimum Gasteiger partial charge on any atom is -0.493 e. The predicted octanol–water partition coefficient (Wildman–Crippen LogP) is 2.70. The number of rotatable bonds is 7. The van der Waals surface area contributed by atoms with Gasteiger partial charge in [-0.15, -0.1) is 16.2 Å². The third-order valence-corrected chi connectivity index (χ3v) is 6.73. The average molecular weight is 396 g/mol. The lowest BCUT2D eigenvalue weighted by atomic mass is 10.2. The smallest absolute Gasteiger partial charge is 0.266 e. The normalized spacial score (nSPS) is 15.0. The van der Waals surface area contributed by atoms with E-state index in [4.69, 9.17) is 9.47 Å². The topological polar surface area (TPSA) is 93.7 Å². The number of methoxy groups -OCH3 is 1. The molecule has 1 amide bonds. The molecule has 2 aromatic rings. The van der Waals surface area contributed by atoms with Crippen LogP contribution in [0.3, 0.4) is 0 Å². The van der Waals surface area contributed by atoms with E-state index in [1.807, 2.05) is 0 Å². The standard InChI is InChI=1S/C17H20N2O5S2/c1-23-14-9-8-12(11-15(14)24-13-5-2-3-6-13)17(20)18-19-26(21,22)16-7-4-10-25-16/h4,7-11,13,19H,2-3,5-6H2,1H3,(H,18,20). The van der Waals surface area contributed by atoms with Crippen LogP contribution in [0.4, 0.5) is 0 Å². The fourth-order valence-corrected chi connectivity index (χ4v) is 4.58. The fourth-order valence-electron chi connectivity index (χ4n) is 2.75. The lowest BCUT2D eigenvalue weighted by Gasteiger charge is -2.16. The maximum atomic E-state index is 12.3. The first-order valence-electron chi connectivity index (χ1n) is 8.20. The zero-order chi connectivity index (χ0) is 18.6. The molecular weight excluding hydrogens is 376 g/mol. The second kappa shape index (κ2) is 8.07. The summed E-state index contributed by atoms with van der Waals surface area (Å²) in [5.41, 5.74) is 2.49. The van der Waals surface area contributed by atoms with Crippen molar-refractivity contribution >= 4 is 27.3 Å². The van der Waals surface area contributed by atoms with Crippen LogP contribution >= 0.6 is 11.3 Å². The molecule has 0 atom stereocenters. The number of hydrogen-bond acceptors (Lipinski definition) is 6. The third kappa shape index (κ3) is 4.35. The Morgan fingerprint density at radius 3 is 2.62 bits per heavy atom. The second-order valence-electron chi connectivity index (χ2n) is 5.88. The van der Waals surface area contributed by atoms with E-state index >= 15 is 0 Å². The van der Waals surface area contributed by atoms with Crippen LogP contribution in [-0.4, -0.2) is 27.5 Å². The Morgan fingerprint density at radius 2 is 1.96 bits per heavy atom. The summed E-state index contributed by atoms with van der Waals surface area (Å²) in [6.45, 7) is 0. The van der Waals surface area contributed by atoms with E-state index in [-0.39, 0.29) is 15.9 Å². The Labute approximate surface area is 156 Å². The van der Waals surface area contributed by atoms with E-state index in [1.54, 1.807) is 29.6 Å². The summed E-state index contributed by atoms with van der Waals surface area (Å²) in [6, 6.07) is 7.82. The van der Waals surface area contributed by atoms with Gasteiger partial charge in [0.1, 0.15) is 4.21 Å². The molecule has 1 aliphatic carbocycles. The molecule has 0 aliphatic heterocycles. The van der Waals surface area contributed by atoms with Gasteiger partial charge in [0.2, 0.25) is 0 Å².